The molecule has 0 spiro atoms. The second-order valence-corrected chi connectivity index (χ2v) is 6.09. The molecule has 0 radical (unpaired) electrons. The molecule has 1 aromatic rings. The van der Waals surface area contributed by atoms with Crippen molar-refractivity contribution < 1.29 is 28.9 Å². The minimum absolute atomic E-state index is 0.0203. The zero-order valence-corrected chi connectivity index (χ0v) is 15.9. The van der Waals surface area contributed by atoms with Gasteiger partial charge in [-0.3, -0.25) is 9.59 Å². The first-order valence-electron chi connectivity index (χ1n) is 8.43. The highest BCUT2D eigenvalue weighted by molar-refractivity contribution is 6.30. The van der Waals surface area contributed by atoms with Crippen LogP contribution in [0.4, 0.5) is 0 Å². The lowest BCUT2D eigenvalue weighted by atomic mass is 10.0. The number of carboxylic acids is 1. The Morgan fingerprint density at radius 2 is 1.93 bits per heavy atom. The first-order chi connectivity index (χ1) is 13.0. The Kier molecular flexibility index (Phi) is 11.1. The van der Waals surface area contributed by atoms with Crippen LogP contribution >= 0.6 is 11.6 Å². The molecule has 0 saturated carbocycles. The molecule has 1 rings (SSSR count). The van der Waals surface area contributed by atoms with Crippen LogP contribution in [0, 0.1) is 18.3 Å². The number of carbonyl (C=O) groups excluding carboxylic acids is 1. The topological polar surface area (TPSA) is 94.1 Å². The van der Waals surface area contributed by atoms with E-state index in [0.717, 1.165) is 0 Å². The van der Waals surface area contributed by atoms with Crippen molar-refractivity contribution in [1.82, 2.24) is 5.32 Å². The molecule has 0 saturated heterocycles. The summed E-state index contributed by atoms with van der Waals surface area (Å²) in [6, 6.07) is 5.82. The van der Waals surface area contributed by atoms with Crippen LogP contribution in [0.1, 0.15) is 23.7 Å². The van der Waals surface area contributed by atoms with Crippen molar-refractivity contribution in [2.75, 3.05) is 33.2 Å². The molecule has 27 heavy (non-hydrogen) atoms. The molecule has 148 valence electrons. The molecule has 2 N–H and O–H groups in total. The number of benzene rings is 1. The molecule has 1 amide bonds. The van der Waals surface area contributed by atoms with Crippen LogP contribution in [0.3, 0.4) is 0 Å². The lowest BCUT2D eigenvalue weighted by Gasteiger charge is -2.22. The van der Waals surface area contributed by atoms with Gasteiger partial charge in [-0.25, -0.2) is 0 Å². The van der Waals surface area contributed by atoms with Gasteiger partial charge in [-0.2, -0.15) is 0 Å². The van der Waals surface area contributed by atoms with Gasteiger partial charge in [-0.05, 0) is 37.6 Å². The van der Waals surface area contributed by atoms with E-state index in [9.17, 15) is 14.7 Å². The monoisotopic (exact) mass is 397 g/mol. The van der Waals surface area contributed by atoms with Gasteiger partial charge in [0.05, 0.1) is 25.2 Å². The number of hydrogen-bond acceptors (Lipinski definition) is 5. The summed E-state index contributed by atoms with van der Waals surface area (Å²) in [5.74, 6) is 0.0466. The predicted molar refractivity (Wildman–Crippen MR) is 101 cm³/mol. The average Bonchev–Trinajstić information content (AvgIpc) is 2.64. The first kappa shape index (κ1) is 22.9. The number of hydrogen-bond donors (Lipinski definition) is 2. The van der Waals surface area contributed by atoms with E-state index in [0.29, 0.717) is 17.2 Å². The fourth-order valence-corrected chi connectivity index (χ4v) is 2.34. The Bertz CT molecular complexity index is 628. The van der Waals surface area contributed by atoms with Gasteiger partial charge in [-0.1, -0.05) is 17.5 Å². The summed E-state index contributed by atoms with van der Waals surface area (Å²) in [4.78, 5) is 23.9. The van der Waals surface area contributed by atoms with Crippen LogP contribution in [-0.4, -0.2) is 56.2 Å². The minimum Gasteiger partial charge on any atom is -0.481 e. The lowest BCUT2D eigenvalue weighted by Crippen LogP contribution is -2.41. The minimum atomic E-state index is -1.04. The molecular formula is C19H24ClNO6. The number of amides is 1. The van der Waals surface area contributed by atoms with Crippen LogP contribution in [0.5, 0.6) is 0 Å². The highest BCUT2D eigenvalue weighted by Crippen LogP contribution is 2.12. The Balaban J connectivity index is 2.74. The van der Waals surface area contributed by atoms with E-state index >= 15 is 0 Å². The summed E-state index contributed by atoms with van der Waals surface area (Å²) in [6.45, 7) is 2.42. The van der Waals surface area contributed by atoms with E-state index in [1.54, 1.807) is 24.3 Å². The standard InChI is InChI=1S/C19H24ClNO6/c1-3-9-26-11-15(19(23)24)10-17(12-27-13-25-4-2)21-18(22)14-5-7-16(20)8-6-14/h1,5-8,15,17H,4,9-13H2,2H3,(H,21,22)(H,23,24). The van der Waals surface area contributed by atoms with Gasteiger partial charge < -0.3 is 24.6 Å². The van der Waals surface area contributed by atoms with Crippen molar-refractivity contribution in [2.24, 2.45) is 5.92 Å². The van der Waals surface area contributed by atoms with Gasteiger partial charge in [0.15, 0.2) is 0 Å². The van der Waals surface area contributed by atoms with E-state index in [2.05, 4.69) is 11.2 Å². The maximum Gasteiger partial charge on any atom is 0.308 e. The highest BCUT2D eigenvalue weighted by atomic mass is 35.5. The normalized spacial score (nSPS) is 12.8. The van der Waals surface area contributed by atoms with Crippen molar-refractivity contribution in [3.8, 4) is 12.3 Å². The third-order valence-electron chi connectivity index (χ3n) is 3.55. The quantitative estimate of drug-likeness (QED) is 0.301. The number of terminal acetylenes is 1. The molecule has 0 aliphatic rings. The van der Waals surface area contributed by atoms with E-state index in [-0.39, 0.29) is 38.9 Å². The van der Waals surface area contributed by atoms with E-state index < -0.39 is 17.9 Å². The van der Waals surface area contributed by atoms with Crippen LogP contribution in [-0.2, 0) is 19.0 Å². The zero-order valence-electron chi connectivity index (χ0n) is 15.2. The fourth-order valence-electron chi connectivity index (χ4n) is 2.21. The molecule has 7 nitrogen and oxygen atoms in total. The number of carboxylic acid groups (broad SMARTS) is 1. The smallest absolute Gasteiger partial charge is 0.308 e. The Morgan fingerprint density at radius 3 is 2.52 bits per heavy atom. The Morgan fingerprint density at radius 1 is 1.22 bits per heavy atom. The zero-order chi connectivity index (χ0) is 20.1. The third-order valence-corrected chi connectivity index (χ3v) is 3.81. The molecule has 2 unspecified atom stereocenters. The summed E-state index contributed by atoms with van der Waals surface area (Å²) in [7, 11) is 0. The maximum absolute atomic E-state index is 12.4. The van der Waals surface area contributed by atoms with E-state index in [1.165, 1.54) is 0 Å². The van der Waals surface area contributed by atoms with Crippen LogP contribution in [0.2, 0.25) is 5.02 Å². The first-order valence-corrected chi connectivity index (χ1v) is 8.81. The van der Waals surface area contributed by atoms with E-state index in [1.807, 2.05) is 6.92 Å². The van der Waals surface area contributed by atoms with Gasteiger partial charge in [0.2, 0.25) is 0 Å². The fraction of sp³-hybridized carbons (Fsp3) is 0.474. The largest absolute Gasteiger partial charge is 0.481 e. The van der Waals surface area contributed by atoms with Crippen LogP contribution in [0.25, 0.3) is 0 Å². The Hall–Kier alpha value is -2.11. The lowest BCUT2D eigenvalue weighted by molar-refractivity contribution is -0.144. The molecule has 0 fully saturated rings. The summed E-state index contributed by atoms with van der Waals surface area (Å²) in [5.41, 5.74) is 0.407. The number of nitrogens with one attached hydrogen (secondary N) is 1. The van der Waals surface area contributed by atoms with E-state index in [4.69, 9.17) is 32.2 Å². The molecular weight excluding hydrogens is 374 g/mol. The number of aliphatic carboxylic acids is 1. The number of rotatable bonds is 13. The van der Waals surface area contributed by atoms with Gasteiger partial charge in [-0.15, -0.1) is 6.42 Å². The third kappa shape index (κ3) is 9.40. The Labute approximate surface area is 163 Å². The number of carbonyl (C=O) groups is 2. The second kappa shape index (κ2) is 13.1. The predicted octanol–water partition coefficient (Wildman–Crippen LogP) is 2.19. The van der Waals surface area contributed by atoms with Crippen LogP contribution < -0.4 is 5.32 Å². The van der Waals surface area contributed by atoms with Crippen molar-refractivity contribution >= 4 is 23.5 Å². The average molecular weight is 398 g/mol. The molecule has 8 heteroatoms. The number of ether oxygens (including phenoxy) is 3. The van der Waals surface area contributed by atoms with Crippen molar-refractivity contribution in [3.63, 3.8) is 0 Å². The summed E-state index contributed by atoms with van der Waals surface area (Å²) in [6.07, 6.45) is 5.22. The summed E-state index contributed by atoms with van der Waals surface area (Å²) in [5, 5.41) is 12.7. The molecule has 0 heterocycles. The van der Waals surface area contributed by atoms with Crippen molar-refractivity contribution in [3.05, 3.63) is 34.9 Å². The molecule has 1 aromatic carbocycles. The van der Waals surface area contributed by atoms with Gasteiger partial charge >= 0.3 is 5.97 Å². The van der Waals surface area contributed by atoms with Crippen molar-refractivity contribution in [1.29, 1.82) is 0 Å². The molecule has 0 aromatic heterocycles. The van der Waals surface area contributed by atoms with Gasteiger partial charge in [0.1, 0.15) is 13.4 Å². The van der Waals surface area contributed by atoms with Crippen LogP contribution in [0.15, 0.2) is 24.3 Å². The summed E-state index contributed by atoms with van der Waals surface area (Å²) < 4.78 is 15.6. The SMILES string of the molecule is C#CCOCC(CC(COCOCC)NC(=O)c1ccc(Cl)cc1)C(=O)O. The highest BCUT2D eigenvalue weighted by Gasteiger charge is 2.25. The summed E-state index contributed by atoms with van der Waals surface area (Å²) >= 11 is 5.83. The van der Waals surface area contributed by atoms with Gasteiger partial charge in [0, 0.05) is 17.2 Å². The molecule has 0 bridgehead atoms. The maximum atomic E-state index is 12.4. The second-order valence-electron chi connectivity index (χ2n) is 5.65. The molecule has 0 aliphatic heterocycles. The molecule has 0 aliphatic carbocycles. The number of halogens is 1. The molecule has 2 atom stereocenters. The van der Waals surface area contributed by atoms with Gasteiger partial charge in [0.25, 0.3) is 5.91 Å². The van der Waals surface area contributed by atoms with Crippen molar-refractivity contribution in [2.45, 2.75) is 19.4 Å².